The maximum Gasteiger partial charge on any atom is 0.319 e. The van der Waals surface area contributed by atoms with Crippen molar-refractivity contribution in [2.45, 2.75) is 57.9 Å². The summed E-state index contributed by atoms with van der Waals surface area (Å²) in [4.78, 5) is 16.5. The third kappa shape index (κ3) is 5.22. The molecular formula is C21H28N4O. The number of hydrogen-bond acceptors (Lipinski definition) is 3. The highest BCUT2D eigenvalue weighted by atomic mass is 16.2. The van der Waals surface area contributed by atoms with Crippen molar-refractivity contribution in [3.63, 3.8) is 0 Å². The van der Waals surface area contributed by atoms with Crippen LogP contribution in [0.15, 0.2) is 42.6 Å². The second-order valence-electron chi connectivity index (χ2n) is 7.27. The van der Waals surface area contributed by atoms with Crippen molar-refractivity contribution in [1.82, 2.24) is 10.3 Å². The van der Waals surface area contributed by atoms with Gasteiger partial charge in [-0.05, 0) is 48.6 Å². The molecule has 5 nitrogen and oxygen atoms in total. The summed E-state index contributed by atoms with van der Waals surface area (Å²) >= 11 is 0. The predicted octanol–water partition coefficient (Wildman–Crippen LogP) is 5.40. The van der Waals surface area contributed by atoms with Crippen LogP contribution in [0.4, 0.5) is 22.0 Å². The second-order valence-corrected chi connectivity index (χ2v) is 7.27. The minimum atomic E-state index is -0.149. The number of carbonyl (C=O) groups is 1. The van der Waals surface area contributed by atoms with E-state index in [4.69, 9.17) is 0 Å². The standard InChI is InChI=1S/C21H28N4O/c1-15(2)16-8-10-18(11-9-16)23-20-13-12-19(14-22-20)25-21(26)24-17-6-4-3-5-7-17/h8-15,17H,3-7H2,1-2H3,(H,22,23)(H2,24,25,26). The first-order valence-corrected chi connectivity index (χ1v) is 9.51. The van der Waals surface area contributed by atoms with Gasteiger partial charge in [-0.2, -0.15) is 0 Å². The van der Waals surface area contributed by atoms with Gasteiger partial charge in [-0.3, -0.25) is 0 Å². The lowest BCUT2D eigenvalue weighted by molar-refractivity contribution is 0.244. The highest BCUT2D eigenvalue weighted by molar-refractivity contribution is 5.89. The predicted molar refractivity (Wildman–Crippen MR) is 107 cm³/mol. The van der Waals surface area contributed by atoms with Gasteiger partial charge in [0.25, 0.3) is 0 Å². The molecule has 1 aromatic heterocycles. The molecule has 0 aliphatic heterocycles. The molecule has 1 saturated carbocycles. The molecule has 1 aromatic carbocycles. The summed E-state index contributed by atoms with van der Waals surface area (Å²) in [5.41, 5.74) is 3.00. The number of nitrogens with zero attached hydrogens (tertiary/aromatic N) is 1. The van der Waals surface area contributed by atoms with Crippen molar-refractivity contribution in [2.24, 2.45) is 0 Å². The normalized spacial score (nSPS) is 14.9. The summed E-state index contributed by atoms with van der Waals surface area (Å²) in [7, 11) is 0. The maximum atomic E-state index is 12.1. The Morgan fingerprint density at radius 3 is 2.31 bits per heavy atom. The lowest BCUT2D eigenvalue weighted by Gasteiger charge is -2.22. The number of nitrogens with one attached hydrogen (secondary N) is 3. The van der Waals surface area contributed by atoms with Gasteiger partial charge in [0.05, 0.1) is 11.9 Å². The third-order valence-electron chi connectivity index (χ3n) is 4.81. The van der Waals surface area contributed by atoms with Crippen LogP contribution < -0.4 is 16.0 Å². The van der Waals surface area contributed by atoms with E-state index in [9.17, 15) is 4.79 Å². The SMILES string of the molecule is CC(C)c1ccc(Nc2ccc(NC(=O)NC3CCCCC3)cn2)cc1. The fourth-order valence-electron chi connectivity index (χ4n) is 3.24. The molecule has 138 valence electrons. The van der Waals surface area contributed by atoms with Crippen molar-refractivity contribution in [3.8, 4) is 0 Å². The Hall–Kier alpha value is -2.56. The van der Waals surface area contributed by atoms with Crippen LogP contribution in [-0.4, -0.2) is 17.1 Å². The fraction of sp³-hybridized carbons (Fsp3) is 0.429. The van der Waals surface area contributed by atoms with E-state index in [1.807, 2.05) is 12.1 Å². The summed E-state index contributed by atoms with van der Waals surface area (Å²) in [6, 6.07) is 12.2. The lowest BCUT2D eigenvalue weighted by atomic mass is 9.96. The molecule has 2 amide bonds. The summed E-state index contributed by atoms with van der Waals surface area (Å²) in [5, 5.41) is 9.18. The minimum absolute atomic E-state index is 0.149. The van der Waals surface area contributed by atoms with Crippen LogP contribution in [0.1, 0.15) is 57.4 Å². The van der Waals surface area contributed by atoms with E-state index in [2.05, 4.69) is 59.0 Å². The summed E-state index contributed by atoms with van der Waals surface area (Å²) < 4.78 is 0. The molecule has 0 radical (unpaired) electrons. The molecule has 1 heterocycles. The molecule has 2 aromatic rings. The number of carbonyl (C=O) groups excluding carboxylic acids is 1. The van der Waals surface area contributed by atoms with Crippen LogP contribution in [0.2, 0.25) is 0 Å². The average molecular weight is 352 g/mol. The van der Waals surface area contributed by atoms with Crippen molar-refractivity contribution in [2.75, 3.05) is 10.6 Å². The van der Waals surface area contributed by atoms with E-state index in [0.717, 1.165) is 24.3 Å². The van der Waals surface area contributed by atoms with Gasteiger partial charge in [-0.1, -0.05) is 45.2 Å². The first-order valence-electron chi connectivity index (χ1n) is 9.51. The highest BCUT2D eigenvalue weighted by Gasteiger charge is 2.15. The van der Waals surface area contributed by atoms with E-state index in [-0.39, 0.29) is 6.03 Å². The third-order valence-corrected chi connectivity index (χ3v) is 4.81. The van der Waals surface area contributed by atoms with Gasteiger partial charge in [0.1, 0.15) is 5.82 Å². The lowest BCUT2D eigenvalue weighted by Crippen LogP contribution is -2.39. The molecule has 0 spiro atoms. The van der Waals surface area contributed by atoms with Gasteiger partial charge in [0.2, 0.25) is 0 Å². The van der Waals surface area contributed by atoms with Gasteiger partial charge < -0.3 is 16.0 Å². The van der Waals surface area contributed by atoms with Crippen LogP contribution in [0.5, 0.6) is 0 Å². The number of amides is 2. The Morgan fingerprint density at radius 1 is 1.00 bits per heavy atom. The van der Waals surface area contributed by atoms with Crippen LogP contribution in [0, 0.1) is 0 Å². The van der Waals surface area contributed by atoms with Gasteiger partial charge in [0.15, 0.2) is 0 Å². The van der Waals surface area contributed by atoms with Gasteiger partial charge >= 0.3 is 6.03 Å². The number of pyridine rings is 1. The Balaban J connectivity index is 1.52. The van der Waals surface area contributed by atoms with Crippen LogP contribution in [0.3, 0.4) is 0 Å². The van der Waals surface area contributed by atoms with E-state index in [1.165, 1.54) is 24.8 Å². The number of rotatable bonds is 5. The van der Waals surface area contributed by atoms with E-state index >= 15 is 0 Å². The minimum Gasteiger partial charge on any atom is -0.340 e. The zero-order valence-electron chi connectivity index (χ0n) is 15.6. The molecule has 0 unspecified atom stereocenters. The largest absolute Gasteiger partial charge is 0.340 e. The van der Waals surface area contributed by atoms with Gasteiger partial charge in [0, 0.05) is 11.7 Å². The molecular weight excluding hydrogens is 324 g/mol. The number of anilines is 3. The van der Waals surface area contributed by atoms with Crippen LogP contribution in [0.25, 0.3) is 0 Å². The van der Waals surface area contributed by atoms with Crippen molar-refractivity contribution in [1.29, 1.82) is 0 Å². The summed E-state index contributed by atoms with van der Waals surface area (Å²) in [6.07, 6.45) is 7.49. The summed E-state index contributed by atoms with van der Waals surface area (Å²) in [6.45, 7) is 4.36. The number of aromatic nitrogens is 1. The monoisotopic (exact) mass is 352 g/mol. The Kier molecular flexibility index (Phi) is 6.10. The smallest absolute Gasteiger partial charge is 0.319 e. The molecule has 3 N–H and O–H groups in total. The molecule has 0 atom stereocenters. The van der Waals surface area contributed by atoms with Gasteiger partial charge in [-0.15, -0.1) is 0 Å². The number of benzene rings is 1. The number of hydrogen-bond donors (Lipinski definition) is 3. The molecule has 1 fully saturated rings. The fourth-order valence-corrected chi connectivity index (χ4v) is 3.24. The number of urea groups is 1. The zero-order chi connectivity index (χ0) is 18.4. The molecule has 1 aliphatic rings. The van der Waals surface area contributed by atoms with Crippen molar-refractivity contribution >= 4 is 23.2 Å². The molecule has 1 aliphatic carbocycles. The Morgan fingerprint density at radius 2 is 1.69 bits per heavy atom. The molecule has 26 heavy (non-hydrogen) atoms. The van der Waals surface area contributed by atoms with Crippen LogP contribution >= 0.6 is 0 Å². The molecule has 3 rings (SSSR count). The second kappa shape index (κ2) is 8.70. The Labute approximate surface area is 155 Å². The average Bonchev–Trinajstić information content (AvgIpc) is 2.64. The summed E-state index contributed by atoms with van der Waals surface area (Å²) in [5.74, 6) is 1.27. The van der Waals surface area contributed by atoms with Crippen LogP contribution in [-0.2, 0) is 0 Å². The maximum absolute atomic E-state index is 12.1. The first-order chi connectivity index (χ1) is 12.6. The molecule has 0 saturated heterocycles. The van der Waals surface area contributed by atoms with Crippen molar-refractivity contribution in [3.05, 3.63) is 48.2 Å². The van der Waals surface area contributed by atoms with E-state index < -0.39 is 0 Å². The van der Waals surface area contributed by atoms with E-state index in [0.29, 0.717) is 17.6 Å². The van der Waals surface area contributed by atoms with Crippen molar-refractivity contribution < 1.29 is 4.79 Å². The zero-order valence-corrected chi connectivity index (χ0v) is 15.6. The first kappa shape index (κ1) is 18.2. The quantitative estimate of drug-likeness (QED) is 0.675. The highest BCUT2D eigenvalue weighted by Crippen LogP contribution is 2.21. The topological polar surface area (TPSA) is 66.0 Å². The van der Waals surface area contributed by atoms with E-state index in [1.54, 1.807) is 6.20 Å². The Bertz CT molecular complexity index is 704. The molecule has 0 bridgehead atoms. The molecule has 5 heteroatoms. The van der Waals surface area contributed by atoms with Gasteiger partial charge in [-0.25, -0.2) is 9.78 Å².